The number of para-hydroxylation sites is 1. The molecule has 0 aliphatic heterocycles. The molecule has 0 aliphatic rings. The zero-order valence-electron chi connectivity index (χ0n) is 13.8. The first-order valence-electron chi connectivity index (χ1n) is 7.84. The van der Waals surface area contributed by atoms with Gasteiger partial charge in [0.05, 0.1) is 5.52 Å². The molecule has 5 heteroatoms. The minimum Gasteiger partial charge on any atom is -0.367 e. The summed E-state index contributed by atoms with van der Waals surface area (Å²) in [5.74, 6) is 1.70. The summed E-state index contributed by atoms with van der Waals surface area (Å²) in [6.45, 7) is 3.25. The van der Waals surface area contributed by atoms with Crippen LogP contribution in [0.5, 0.6) is 0 Å². The highest BCUT2D eigenvalue weighted by molar-refractivity contribution is 7.08. The fraction of sp³-hybridized carbons (Fsp3) is 0.333. The quantitative estimate of drug-likeness (QED) is 0.740. The molecule has 0 saturated heterocycles. The Kier molecular flexibility index (Phi) is 4.88. The van der Waals surface area contributed by atoms with Gasteiger partial charge in [-0.2, -0.15) is 11.3 Å². The molecule has 0 saturated carbocycles. The molecule has 2 heterocycles. The van der Waals surface area contributed by atoms with Gasteiger partial charge in [-0.15, -0.1) is 0 Å². The first-order valence-corrected chi connectivity index (χ1v) is 8.78. The van der Waals surface area contributed by atoms with E-state index in [4.69, 9.17) is 9.97 Å². The molecule has 3 aromatic rings. The van der Waals surface area contributed by atoms with Crippen molar-refractivity contribution in [2.75, 3.05) is 26.0 Å². The largest absolute Gasteiger partial charge is 0.367 e. The Morgan fingerprint density at radius 1 is 1.17 bits per heavy atom. The van der Waals surface area contributed by atoms with Gasteiger partial charge in [0.1, 0.15) is 5.82 Å². The van der Waals surface area contributed by atoms with E-state index in [1.807, 2.05) is 18.2 Å². The zero-order chi connectivity index (χ0) is 16.2. The smallest absolute Gasteiger partial charge is 0.162 e. The normalized spacial score (nSPS) is 12.7. The standard InChI is InChI=1S/C18H22N4S/c1-13(8-10-22(2)3)19-18-15-6-4-5-7-16(15)20-17(21-18)14-9-11-23-12-14/h4-7,9,11-13H,8,10H2,1-3H3,(H,19,20,21)/t13-/m0/s1. The van der Waals surface area contributed by atoms with Crippen LogP contribution in [0.3, 0.4) is 0 Å². The lowest BCUT2D eigenvalue weighted by atomic mass is 10.2. The van der Waals surface area contributed by atoms with Gasteiger partial charge in [0.25, 0.3) is 0 Å². The summed E-state index contributed by atoms with van der Waals surface area (Å²) in [6, 6.07) is 10.6. The van der Waals surface area contributed by atoms with Crippen molar-refractivity contribution in [3.63, 3.8) is 0 Å². The third-order valence-electron chi connectivity index (χ3n) is 3.78. The van der Waals surface area contributed by atoms with Crippen LogP contribution in [0.1, 0.15) is 13.3 Å². The number of hydrogen-bond acceptors (Lipinski definition) is 5. The number of aromatic nitrogens is 2. The Labute approximate surface area is 141 Å². The number of benzene rings is 1. The molecule has 0 bridgehead atoms. The van der Waals surface area contributed by atoms with Crippen molar-refractivity contribution in [3.05, 3.63) is 41.1 Å². The van der Waals surface area contributed by atoms with Crippen LogP contribution in [0.15, 0.2) is 41.1 Å². The second kappa shape index (κ2) is 7.06. The molecule has 3 rings (SSSR count). The Hall–Kier alpha value is -1.98. The molecule has 0 amide bonds. The lowest BCUT2D eigenvalue weighted by molar-refractivity contribution is 0.390. The Morgan fingerprint density at radius 3 is 2.74 bits per heavy atom. The highest BCUT2D eigenvalue weighted by Gasteiger charge is 2.11. The average molecular weight is 326 g/mol. The van der Waals surface area contributed by atoms with Crippen molar-refractivity contribution in [3.8, 4) is 11.4 Å². The van der Waals surface area contributed by atoms with Gasteiger partial charge in [-0.1, -0.05) is 12.1 Å². The number of nitrogens with one attached hydrogen (secondary N) is 1. The van der Waals surface area contributed by atoms with E-state index in [1.165, 1.54) is 0 Å². The molecule has 0 aliphatic carbocycles. The topological polar surface area (TPSA) is 41.0 Å². The van der Waals surface area contributed by atoms with Crippen molar-refractivity contribution >= 4 is 28.1 Å². The van der Waals surface area contributed by atoms with E-state index in [9.17, 15) is 0 Å². The molecule has 0 radical (unpaired) electrons. The van der Waals surface area contributed by atoms with Gasteiger partial charge in [0.15, 0.2) is 5.82 Å². The maximum Gasteiger partial charge on any atom is 0.162 e. The summed E-state index contributed by atoms with van der Waals surface area (Å²) in [6.07, 6.45) is 1.07. The Balaban J connectivity index is 1.94. The van der Waals surface area contributed by atoms with Crippen molar-refractivity contribution < 1.29 is 0 Å². The summed E-state index contributed by atoms with van der Waals surface area (Å²) in [4.78, 5) is 11.7. The van der Waals surface area contributed by atoms with Crippen molar-refractivity contribution in [1.29, 1.82) is 0 Å². The Bertz CT molecular complexity index is 768. The second-order valence-corrected chi connectivity index (χ2v) is 6.84. The predicted octanol–water partition coefficient (Wildman–Crippen LogP) is 4.11. The van der Waals surface area contributed by atoms with E-state index < -0.39 is 0 Å². The minimum absolute atomic E-state index is 0.353. The van der Waals surface area contributed by atoms with E-state index in [-0.39, 0.29) is 0 Å². The predicted molar refractivity (Wildman–Crippen MR) is 99.1 cm³/mol. The molecule has 0 unspecified atom stereocenters. The first kappa shape index (κ1) is 15.9. The van der Waals surface area contributed by atoms with Crippen molar-refractivity contribution in [2.45, 2.75) is 19.4 Å². The number of fused-ring (bicyclic) bond motifs is 1. The lowest BCUT2D eigenvalue weighted by Crippen LogP contribution is -2.23. The zero-order valence-corrected chi connectivity index (χ0v) is 14.6. The molecule has 0 fully saturated rings. The van der Waals surface area contributed by atoms with E-state index in [0.29, 0.717) is 6.04 Å². The van der Waals surface area contributed by atoms with Crippen LogP contribution >= 0.6 is 11.3 Å². The minimum atomic E-state index is 0.353. The van der Waals surface area contributed by atoms with Gasteiger partial charge >= 0.3 is 0 Å². The van der Waals surface area contributed by atoms with Crippen molar-refractivity contribution in [1.82, 2.24) is 14.9 Å². The molecule has 0 spiro atoms. The van der Waals surface area contributed by atoms with Gasteiger partial charge in [0.2, 0.25) is 0 Å². The van der Waals surface area contributed by atoms with E-state index in [1.54, 1.807) is 11.3 Å². The van der Waals surface area contributed by atoms with Gasteiger partial charge in [-0.05, 0) is 57.6 Å². The molecule has 4 nitrogen and oxygen atoms in total. The number of rotatable bonds is 6. The molecule has 23 heavy (non-hydrogen) atoms. The lowest BCUT2D eigenvalue weighted by Gasteiger charge is -2.18. The average Bonchev–Trinajstić information content (AvgIpc) is 3.07. The van der Waals surface area contributed by atoms with E-state index in [2.05, 4.69) is 54.1 Å². The fourth-order valence-corrected chi connectivity index (χ4v) is 3.10. The summed E-state index contributed by atoms with van der Waals surface area (Å²) < 4.78 is 0. The summed E-state index contributed by atoms with van der Waals surface area (Å²) >= 11 is 1.66. The molecule has 1 atom stereocenters. The highest BCUT2D eigenvalue weighted by atomic mass is 32.1. The SMILES string of the molecule is C[C@@H](CCN(C)C)Nc1nc(-c2ccsc2)nc2ccccc12. The Morgan fingerprint density at radius 2 is 2.00 bits per heavy atom. The first-order chi connectivity index (χ1) is 11.1. The maximum atomic E-state index is 4.78. The number of nitrogens with zero attached hydrogens (tertiary/aromatic N) is 3. The van der Waals surface area contributed by atoms with E-state index >= 15 is 0 Å². The molecule has 2 aromatic heterocycles. The number of hydrogen-bond donors (Lipinski definition) is 1. The molecule has 120 valence electrons. The number of anilines is 1. The number of thiophene rings is 1. The van der Waals surface area contributed by atoms with Crippen LogP contribution in [0, 0.1) is 0 Å². The third kappa shape index (κ3) is 3.86. The van der Waals surface area contributed by atoms with Crippen LogP contribution in [0.2, 0.25) is 0 Å². The second-order valence-electron chi connectivity index (χ2n) is 6.06. The van der Waals surface area contributed by atoms with Crippen LogP contribution < -0.4 is 5.32 Å². The van der Waals surface area contributed by atoms with Crippen LogP contribution in [0.25, 0.3) is 22.3 Å². The van der Waals surface area contributed by atoms with Gasteiger partial charge < -0.3 is 10.2 Å². The van der Waals surface area contributed by atoms with Crippen molar-refractivity contribution in [2.24, 2.45) is 0 Å². The molecular formula is C18H22N4S. The molecule has 1 N–H and O–H groups in total. The monoisotopic (exact) mass is 326 g/mol. The summed E-state index contributed by atoms with van der Waals surface area (Å²) in [5.41, 5.74) is 2.05. The van der Waals surface area contributed by atoms with Crippen LogP contribution in [0.4, 0.5) is 5.82 Å². The molecular weight excluding hydrogens is 304 g/mol. The van der Waals surface area contributed by atoms with Crippen LogP contribution in [-0.2, 0) is 0 Å². The highest BCUT2D eigenvalue weighted by Crippen LogP contribution is 2.26. The summed E-state index contributed by atoms with van der Waals surface area (Å²) in [5, 5.41) is 8.78. The van der Waals surface area contributed by atoms with Gasteiger partial charge in [-0.25, -0.2) is 9.97 Å². The third-order valence-corrected chi connectivity index (χ3v) is 4.46. The molecule has 1 aromatic carbocycles. The fourth-order valence-electron chi connectivity index (χ4n) is 2.46. The maximum absolute atomic E-state index is 4.78. The van der Waals surface area contributed by atoms with Crippen LogP contribution in [-0.4, -0.2) is 41.5 Å². The van der Waals surface area contributed by atoms with Gasteiger partial charge in [-0.3, -0.25) is 0 Å². The van der Waals surface area contributed by atoms with E-state index in [0.717, 1.165) is 41.1 Å². The summed E-state index contributed by atoms with van der Waals surface area (Å²) in [7, 11) is 4.20. The van der Waals surface area contributed by atoms with Gasteiger partial charge in [0, 0.05) is 22.4 Å².